The lowest BCUT2D eigenvalue weighted by molar-refractivity contribution is 0.145. The van der Waals surface area contributed by atoms with Gasteiger partial charge in [0.05, 0.1) is 11.8 Å². The third kappa shape index (κ3) is 5.15. The Balaban J connectivity index is 1.48. The minimum Gasteiger partial charge on any atom is -0.393 e. The van der Waals surface area contributed by atoms with E-state index in [-0.39, 0.29) is 11.9 Å². The molecule has 1 aliphatic rings. The lowest BCUT2D eigenvalue weighted by Gasteiger charge is -2.31. The predicted octanol–water partition coefficient (Wildman–Crippen LogP) is 3.59. The maximum absolute atomic E-state index is 14.4. The number of hydrogen-bond donors (Lipinski definition) is 2. The molecule has 3 rings (SSSR count). The third-order valence-corrected chi connectivity index (χ3v) is 4.52. The van der Waals surface area contributed by atoms with Crippen molar-refractivity contribution in [3.8, 4) is 0 Å². The van der Waals surface area contributed by atoms with Crippen LogP contribution in [0.2, 0.25) is 0 Å². The van der Waals surface area contributed by atoms with E-state index >= 15 is 0 Å². The first-order valence-electron chi connectivity index (χ1n) is 8.86. The zero-order valence-corrected chi connectivity index (χ0v) is 14.4. The maximum atomic E-state index is 14.4. The van der Waals surface area contributed by atoms with Gasteiger partial charge in [0.1, 0.15) is 5.82 Å². The average molecular weight is 340 g/mol. The maximum Gasteiger partial charge on any atom is 0.146 e. The van der Waals surface area contributed by atoms with Gasteiger partial charge in [-0.3, -0.25) is 0 Å². The van der Waals surface area contributed by atoms with Crippen LogP contribution in [0.4, 0.5) is 10.1 Å². The van der Waals surface area contributed by atoms with Crippen molar-refractivity contribution in [1.29, 1.82) is 0 Å². The van der Waals surface area contributed by atoms with E-state index in [0.717, 1.165) is 12.1 Å². The molecule has 0 unspecified atom stereocenters. The summed E-state index contributed by atoms with van der Waals surface area (Å²) < 4.78 is 14.4. The summed E-state index contributed by atoms with van der Waals surface area (Å²) in [6.45, 7) is 2.79. The van der Waals surface area contributed by atoms with Crippen molar-refractivity contribution < 1.29 is 9.50 Å². The fraction of sp³-hybridized carbons (Fsp3) is 0.333. The average Bonchev–Trinajstić information content (AvgIpc) is 2.63. The topological polar surface area (TPSA) is 35.5 Å². The number of hydrogen-bond acceptors (Lipinski definition) is 3. The van der Waals surface area contributed by atoms with Gasteiger partial charge >= 0.3 is 0 Å². The predicted molar refractivity (Wildman–Crippen MR) is 101 cm³/mol. The van der Waals surface area contributed by atoms with Crippen LogP contribution in [-0.4, -0.2) is 30.8 Å². The van der Waals surface area contributed by atoms with Crippen molar-refractivity contribution in [1.82, 2.24) is 5.32 Å². The molecule has 25 heavy (non-hydrogen) atoms. The van der Waals surface area contributed by atoms with Crippen molar-refractivity contribution in [2.45, 2.75) is 25.5 Å². The van der Waals surface area contributed by atoms with E-state index in [4.69, 9.17) is 0 Å². The van der Waals surface area contributed by atoms with Crippen LogP contribution < -0.4 is 10.2 Å². The lowest BCUT2D eigenvalue weighted by atomic mass is 10.1. The number of halogens is 1. The van der Waals surface area contributed by atoms with Crippen molar-refractivity contribution >= 4 is 11.8 Å². The Morgan fingerprint density at radius 1 is 1.12 bits per heavy atom. The van der Waals surface area contributed by atoms with E-state index in [1.165, 1.54) is 5.56 Å². The summed E-state index contributed by atoms with van der Waals surface area (Å²) in [6.07, 6.45) is 5.31. The number of aliphatic hydroxyl groups excluding tert-OH is 1. The molecule has 0 aliphatic carbocycles. The number of aliphatic hydroxyl groups is 1. The smallest absolute Gasteiger partial charge is 0.146 e. The number of anilines is 1. The van der Waals surface area contributed by atoms with Gasteiger partial charge in [0, 0.05) is 26.2 Å². The van der Waals surface area contributed by atoms with Gasteiger partial charge in [0.15, 0.2) is 0 Å². The van der Waals surface area contributed by atoms with Crippen molar-refractivity contribution in [2.75, 3.05) is 24.5 Å². The molecule has 0 amide bonds. The standard InChI is InChI=1S/C21H25FN2O/c22-20-15-18(8-9-21(20)24-13-10-19(25)11-14-24)16-23-12-4-7-17-5-2-1-3-6-17/h1-9,15,19,23,25H,10-14,16H2/b7-4+. The molecule has 2 aromatic carbocycles. The second-order valence-corrected chi connectivity index (χ2v) is 6.45. The fourth-order valence-electron chi connectivity index (χ4n) is 3.08. The Labute approximate surface area is 148 Å². The largest absolute Gasteiger partial charge is 0.393 e. The summed E-state index contributed by atoms with van der Waals surface area (Å²) in [6, 6.07) is 15.6. The van der Waals surface area contributed by atoms with Crippen LogP contribution in [0.25, 0.3) is 6.08 Å². The van der Waals surface area contributed by atoms with E-state index in [9.17, 15) is 9.50 Å². The number of nitrogens with zero attached hydrogens (tertiary/aromatic N) is 1. The Bertz CT molecular complexity index is 694. The van der Waals surface area contributed by atoms with Crippen molar-refractivity contribution in [2.24, 2.45) is 0 Å². The lowest BCUT2D eigenvalue weighted by Crippen LogP contribution is -2.36. The molecule has 0 radical (unpaired) electrons. The van der Waals surface area contributed by atoms with Crippen molar-refractivity contribution in [3.05, 3.63) is 71.6 Å². The van der Waals surface area contributed by atoms with Gasteiger partial charge in [-0.25, -0.2) is 4.39 Å². The molecule has 0 spiro atoms. The van der Waals surface area contributed by atoms with Crippen LogP contribution in [-0.2, 0) is 6.54 Å². The Hall–Kier alpha value is -2.17. The summed E-state index contributed by atoms with van der Waals surface area (Å²) in [5.74, 6) is -0.185. The quantitative estimate of drug-likeness (QED) is 0.789. The molecule has 1 aliphatic heterocycles. The first-order valence-corrected chi connectivity index (χ1v) is 8.86. The van der Waals surface area contributed by atoms with Crippen LogP contribution in [0, 0.1) is 5.82 Å². The van der Waals surface area contributed by atoms with Crippen molar-refractivity contribution in [3.63, 3.8) is 0 Å². The van der Waals surface area contributed by atoms with Crippen LogP contribution >= 0.6 is 0 Å². The molecule has 0 bridgehead atoms. The zero-order valence-electron chi connectivity index (χ0n) is 14.4. The van der Waals surface area contributed by atoms with Crippen LogP contribution in [0.1, 0.15) is 24.0 Å². The van der Waals surface area contributed by atoms with E-state index in [1.807, 2.05) is 35.2 Å². The molecule has 0 aromatic heterocycles. The molecule has 2 N–H and O–H groups in total. The highest BCUT2D eigenvalue weighted by atomic mass is 19.1. The minimum absolute atomic E-state index is 0.185. The third-order valence-electron chi connectivity index (χ3n) is 4.52. The molecule has 2 aromatic rings. The molecule has 0 saturated carbocycles. The monoisotopic (exact) mass is 340 g/mol. The van der Waals surface area contributed by atoms with E-state index in [0.29, 0.717) is 38.2 Å². The summed E-state index contributed by atoms with van der Waals surface area (Å²) in [4.78, 5) is 2.02. The Morgan fingerprint density at radius 2 is 1.88 bits per heavy atom. The summed E-state index contributed by atoms with van der Waals surface area (Å²) >= 11 is 0. The minimum atomic E-state index is -0.244. The number of benzene rings is 2. The molecular formula is C21H25FN2O. The molecule has 4 heteroatoms. The van der Waals surface area contributed by atoms with E-state index in [2.05, 4.69) is 29.6 Å². The molecule has 0 atom stereocenters. The van der Waals surface area contributed by atoms with Crippen LogP contribution in [0.15, 0.2) is 54.6 Å². The number of rotatable bonds is 6. The summed E-state index contributed by atoms with van der Waals surface area (Å²) in [5.41, 5.74) is 2.75. The van der Waals surface area contributed by atoms with Crippen LogP contribution in [0.3, 0.4) is 0 Å². The van der Waals surface area contributed by atoms with Gasteiger partial charge in [-0.15, -0.1) is 0 Å². The highest BCUT2D eigenvalue weighted by Crippen LogP contribution is 2.24. The molecule has 1 heterocycles. The Morgan fingerprint density at radius 3 is 2.60 bits per heavy atom. The first-order chi connectivity index (χ1) is 12.2. The first kappa shape index (κ1) is 17.6. The normalized spacial score (nSPS) is 15.8. The van der Waals surface area contributed by atoms with Gasteiger partial charge in [-0.1, -0.05) is 48.6 Å². The second-order valence-electron chi connectivity index (χ2n) is 6.45. The van der Waals surface area contributed by atoms with Gasteiger partial charge in [-0.05, 0) is 36.1 Å². The summed E-state index contributed by atoms with van der Waals surface area (Å²) in [5, 5.41) is 12.9. The molecule has 132 valence electrons. The van der Waals surface area contributed by atoms with Crippen LogP contribution in [0.5, 0.6) is 0 Å². The fourth-order valence-corrected chi connectivity index (χ4v) is 3.08. The number of nitrogens with one attached hydrogen (secondary N) is 1. The van der Waals surface area contributed by atoms with Gasteiger partial charge in [0.2, 0.25) is 0 Å². The SMILES string of the molecule is OC1CCN(c2ccc(CNC/C=C/c3ccccc3)cc2F)CC1. The molecule has 1 saturated heterocycles. The molecule has 3 nitrogen and oxygen atoms in total. The zero-order chi connectivity index (χ0) is 17.5. The second kappa shape index (κ2) is 8.79. The molecule has 1 fully saturated rings. The van der Waals surface area contributed by atoms with E-state index in [1.54, 1.807) is 6.07 Å². The summed E-state index contributed by atoms with van der Waals surface area (Å²) in [7, 11) is 0. The van der Waals surface area contributed by atoms with E-state index < -0.39 is 0 Å². The van der Waals surface area contributed by atoms with Gasteiger partial charge in [-0.2, -0.15) is 0 Å². The van der Waals surface area contributed by atoms with Gasteiger partial charge < -0.3 is 15.3 Å². The Kier molecular flexibility index (Phi) is 6.20. The molecular weight excluding hydrogens is 315 g/mol. The van der Waals surface area contributed by atoms with Gasteiger partial charge in [0.25, 0.3) is 0 Å². The highest BCUT2D eigenvalue weighted by molar-refractivity contribution is 5.50. The highest BCUT2D eigenvalue weighted by Gasteiger charge is 2.19. The number of piperidine rings is 1.